The van der Waals surface area contributed by atoms with Crippen molar-refractivity contribution < 1.29 is 9.72 Å². The summed E-state index contributed by atoms with van der Waals surface area (Å²) >= 11 is 0. The SMILES string of the molecule is CCc1ccc(C(=O)Nc2ccccc2)cc1[N+](=O)[O-]. The Kier molecular flexibility index (Phi) is 4.10. The number of nitrogens with zero attached hydrogens (tertiary/aromatic N) is 1. The molecule has 1 amide bonds. The first-order valence-corrected chi connectivity index (χ1v) is 6.25. The van der Waals surface area contributed by atoms with Crippen molar-refractivity contribution in [3.8, 4) is 0 Å². The lowest BCUT2D eigenvalue weighted by Crippen LogP contribution is -2.12. The molecule has 0 aliphatic carbocycles. The van der Waals surface area contributed by atoms with Gasteiger partial charge in [-0.05, 0) is 24.6 Å². The zero-order valence-electron chi connectivity index (χ0n) is 11.0. The van der Waals surface area contributed by atoms with E-state index in [4.69, 9.17) is 0 Å². The van der Waals surface area contributed by atoms with E-state index in [9.17, 15) is 14.9 Å². The summed E-state index contributed by atoms with van der Waals surface area (Å²) in [4.78, 5) is 22.6. The fraction of sp³-hybridized carbons (Fsp3) is 0.133. The zero-order valence-corrected chi connectivity index (χ0v) is 11.0. The number of benzene rings is 2. The molecule has 0 spiro atoms. The van der Waals surface area contributed by atoms with Crippen LogP contribution in [0.2, 0.25) is 0 Å². The van der Waals surface area contributed by atoms with Crippen molar-refractivity contribution in [2.75, 3.05) is 5.32 Å². The lowest BCUT2D eigenvalue weighted by molar-refractivity contribution is -0.385. The fourth-order valence-electron chi connectivity index (χ4n) is 1.90. The van der Waals surface area contributed by atoms with Crippen LogP contribution in [0.4, 0.5) is 11.4 Å². The highest BCUT2D eigenvalue weighted by Crippen LogP contribution is 2.21. The van der Waals surface area contributed by atoms with Gasteiger partial charge in [0, 0.05) is 22.9 Å². The van der Waals surface area contributed by atoms with Crippen LogP contribution >= 0.6 is 0 Å². The van der Waals surface area contributed by atoms with Gasteiger partial charge in [0.25, 0.3) is 11.6 Å². The van der Waals surface area contributed by atoms with Crippen molar-refractivity contribution in [2.24, 2.45) is 0 Å². The second-order valence-corrected chi connectivity index (χ2v) is 4.27. The molecule has 0 aromatic heterocycles. The molecule has 1 N–H and O–H groups in total. The van der Waals surface area contributed by atoms with Crippen LogP contribution in [0, 0.1) is 10.1 Å². The Morgan fingerprint density at radius 1 is 1.20 bits per heavy atom. The molecule has 20 heavy (non-hydrogen) atoms. The van der Waals surface area contributed by atoms with Gasteiger partial charge < -0.3 is 5.32 Å². The molecule has 0 unspecified atom stereocenters. The van der Waals surface area contributed by atoms with Crippen molar-refractivity contribution in [1.29, 1.82) is 0 Å². The molecule has 0 fully saturated rings. The number of anilines is 1. The van der Waals surface area contributed by atoms with E-state index in [1.54, 1.807) is 36.4 Å². The van der Waals surface area contributed by atoms with Gasteiger partial charge in [0.1, 0.15) is 0 Å². The topological polar surface area (TPSA) is 72.2 Å². The number of hydrogen-bond acceptors (Lipinski definition) is 3. The molecular formula is C15H14N2O3. The number of carbonyl (C=O) groups excluding carboxylic acids is 1. The Morgan fingerprint density at radius 2 is 1.90 bits per heavy atom. The van der Waals surface area contributed by atoms with Gasteiger partial charge in [-0.2, -0.15) is 0 Å². The standard InChI is InChI=1S/C15H14N2O3/c1-2-11-8-9-12(10-14(11)17(19)20)15(18)16-13-6-4-3-5-7-13/h3-10H,2H2,1H3,(H,16,18). The first-order valence-electron chi connectivity index (χ1n) is 6.25. The second kappa shape index (κ2) is 5.97. The molecule has 0 saturated carbocycles. The van der Waals surface area contributed by atoms with E-state index in [0.29, 0.717) is 17.7 Å². The largest absolute Gasteiger partial charge is 0.322 e. The van der Waals surface area contributed by atoms with E-state index in [0.717, 1.165) is 0 Å². The summed E-state index contributed by atoms with van der Waals surface area (Å²) in [5.74, 6) is -0.359. The van der Waals surface area contributed by atoms with Crippen molar-refractivity contribution in [1.82, 2.24) is 0 Å². The number of nitro groups is 1. The van der Waals surface area contributed by atoms with Crippen molar-refractivity contribution in [2.45, 2.75) is 13.3 Å². The lowest BCUT2D eigenvalue weighted by Gasteiger charge is -2.06. The summed E-state index contributed by atoms with van der Waals surface area (Å²) in [6.07, 6.45) is 0.552. The van der Waals surface area contributed by atoms with Crippen LogP contribution < -0.4 is 5.32 Å². The summed E-state index contributed by atoms with van der Waals surface area (Å²) < 4.78 is 0. The molecular weight excluding hydrogens is 256 g/mol. The van der Waals surface area contributed by atoms with E-state index >= 15 is 0 Å². The number of carbonyl (C=O) groups is 1. The van der Waals surface area contributed by atoms with E-state index in [2.05, 4.69) is 5.32 Å². The molecule has 0 atom stereocenters. The highest BCUT2D eigenvalue weighted by Gasteiger charge is 2.16. The number of hydrogen-bond donors (Lipinski definition) is 1. The highest BCUT2D eigenvalue weighted by atomic mass is 16.6. The van der Waals surface area contributed by atoms with Gasteiger partial charge in [-0.1, -0.05) is 31.2 Å². The molecule has 2 rings (SSSR count). The van der Waals surface area contributed by atoms with Crippen molar-refractivity contribution in [3.63, 3.8) is 0 Å². The molecule has 5 heteroatoms. The fourth-order valence-corrected chi connectivity index (χ4v) is 1.90. The summed E-state index contributed by atoms with van der Waals surface area (Å²) in [5, 5.41) is 13.7. The summed E-state index contributed by atoms with van der Waals surface area (Å²) in [5.41, 5.74) is 1.52. The third-order valence-electron chi connectivity index (χ3n) is 2.96. The Bertz CT molecular complexity index is 639. The Labute approximate surface area is 116 Å². The average molecular weight is 270 g/mol. The van der Waals surface area contributed by atoms with Gasteiger partial charge in [0.15, 0.2) is 0 Å². The Hall–Kier alpha value is -2.69. The minimum atomic E-state index is -0.460. The molecule has 2 aromatic carbocycles. The van der Waals surface area contributed by atoms with Crippen LogP contribution in [0.1, 0.15) is 22.8 Å². The van der Waals surface area contributed by atoms with Crippen LogP contribution in [0.15, 0.2) is 48.5 Å². The maximum Gasteiger partial charge on any atom is 0.273 e. The van der Waals surface area contributed by atoms with E-state index in [1.807, 2.05) is 13.0 Å². The van der Waals surface area contributed by atoms with Gasteiger partial charge in [0.2, 0.25) is 0 Å². The van der Waals surface area contributed by atoms with Gasteiger partial charge >= 0.3 is 0 Å². The normalized spacial score (nSPS) is 10.1. The molecule has 0 aliphatic heterocycles. The average Bonchev–Trinajstić information content (AvgIpc) is 2.47. The number of nitrogens with one attached hydrogen (secondary N) is 1. The van der Waals surface area contributed by atoms with Gasteiger partial charge in [0.05, 0.1) is 4.92 Å². The molecule has 5 nitrogen and oxygen atoms in total. The van der Waals surface area contributed by atoms with Crippen molar-refractivity contribution in [3.05, 3.63) is 69.8 Å². The third-order valence-corrected chi connectivity index (χ3v) is 2.96. The molecule has 0 saturated heterocycles. The maximum atomic E-state index is 12.1. The number of para-hydroxylation sites is 1. The molecule has 0 radical (unpaired) electrons. The minimum Gasteiger partial charge on any atom is -0.322 e. The van der Waals surface area contributed by atoms with Crippen molar-refractivity contribution >= 4 is 17.3 Å². The minimum absolute atomic E-state index is 0.0202. The number of rotatable bonds is 4. The quantitative estimate of drug-likeness (QED) is 0.683. The van der Waals surface area contributed by atoms with Gasteiger partial charge in [-0.3, -0.25) is 14.9 Å². The van der Waals surface area contributed by atoms with Crippen LogP contribution in [0.5, 0.6) is 0 Å². The van der Waals surface area contributed by atoms with Crippen LogP contribution in [0.25, 0.3) is 0 Å². The highest BCUT2D eigenvalue weighted by molar-refractivity contribution is 6.04. The summed E-state index contributed by atoms with van der Waals surface area (Å²) in [6, 6.07) is 13.5. The van der Waals surface area contributed by atoms with Gasteiger partial charge in [-0.15, -0.1) is 0 Å². The predicted octanol–water partition coefficient (Wildman–Crippen LogP) is 3.41. The van der Waals surface area contributed by atoms with Crippen LogP contribution in [0.3, 0.4) is 0 Å². The molecule has 0 bridgehead atoms. The number of aryl methyl sites for hydroxylation is 1. The van der Waals surface area contributed by atoms with E-state index in [-0.39, 0.29) is 17.2 Å². The van der Waals surface area contributed by atoms with Gasteiger partial charge in [-0.25, -0.2) is 0 Å². The number of amides is 1. The number of nitro benzene ring substituents is 1. The molecule has 102 valence electrons. The predicted molar refractivity (Wildman–Crippen MR) is 76.9 cm³/mol. The zero-order chi connectivity index (χ0) is 14.5. The molecule has 2 aromatic rings. The van der Waals surface area contributed by atoms with E-state index < -0.39 is 4.92 Å². The second-order valence-electron chi connectivity index (χ2n) is 4.27. The Morgan fingerprint density at radius 3 is 2.50 bits per heavy atom. The first-order chi connectivity index (χ1) is 9.61. The molecule has 0 aliphatic rings. The summed E-state index contributed by atoms with van der Waals surface area (Å²) in [6.45, 7) is 1.84. The molecule has 0 heterocycles. The first kappa shape index (κ1) is 13.7. The summed E-state index contributed by atoms with van der Waals surface area (Å²) in [7, 11) is 0. The maximum absolute atomic E-state index is 12.1. The third kappa shape index (κ3) is 3.00. The van der Waals surface area contributed by atoms with Crippen LogP contribution in [-0.4, -0.2) is 10.8 Å². The Balaban J connectivity index is 2.27. The lowest BCUT2D eigenvalue weighted by atomic mass is 10.1. The van der Waals surface area contributed by atoms with E-state index in [1.165, 1.54) is 6.07 Å². The monoisotopic (exact) mass is 270 g/mol. The van der Waals surface area contributed by atoms with Crippen LogP contribution in [-0.2, 0) is 6.42 Å². The smallest absolute Gasteiger partial charge is 0.273 e.